The molecule has 2 fully saturated rings. The largest absolute Gasteiger partial charge is 0.296 e. The van der Waals surface area contributed by atoms with E-state index in [4.69, 9.17) is 0 Å². The van der Waals surface area contributed by atoms with E-state index in [-0.39, 0.29) is 0 Å². The molecule has 2 saturated heterocycles. The van der Waals surface area contributed by atoms with Crippen molar-refractivity contribution >= 4 is 15.4 Å². The summed E-state index contributed by atoms with van der Waals surface area (Å²) in [5.74, 6) is 5.39. The highest BCUT2D eigenvalue weighted by Gasteiger charge is 2.38. The molecule has 0 unspecified atom stereocenters. The Kier molecular flexibility index (Phi) is 3.10. The molecule has 0 aromatic heterocycles. The maximum absolute atomic E-state index is 11.8. The third-order valence-corrected chi connectivity index (χ3v) is 5.68. The lowest BCUT2D eigenvalue weighted by Crippen LogP contribution is -2.66. The maximum atomic E-state index is 11.8. The predicted octanol–water partition coefficient (Wildman–Crippen LogP) is 0.501. The topological polar surface area (TPSA) is 23.6 Å². The van der Waals surface area contributed by atoms with Crippen molar-refractivity contribution in [1.29, 1.82) is 0 Å². The standard InChI is InChI=1S/C12H24N2OS/c1-12(2,3)14-9-11(10-14)13-5-7-16(4,15)8-6-13/h11H,4-10H2,1-3H3. The van der Waals surface area contributed by atoms with Crippen LogP contribution in [0.25, 0.3) is 0 Å². The van der Waals surface area contributed by atoms with Crippen molar-refractivity contribution in [3.63, 3.8) is 0 Å². The summed E-state index contributed by atoms with van der Waals surface area (Å²) in [6.07, 6.45) is 0. The van der Waals surface area contributed by atoms with Gasteiger partial charge in [-0.05, 0) is 36.2 Å². The molecule has 2 rings (SSSR count). The van der Waals surface area contributed by atoms with Crippen LogP contribution >= 0.6 is 0 Å². The average molecular weight is 244 g/mol. The lowest BCUT2D eigenvalue weighted by molar-refractivity contribution is -0.0188. The zero-order chi connectivity index (χ0) is 12.0. The van der Waals surface area contributed by atoms with Crippen molar-refractivity contribution < 1.29 is 4.21 Å². The number of nitrogens with zero attached hydrogens (tertiary/aromatic N) is 2. The van der Waals surface area contributed by atoms with Crippen LogP contribution in [0, 0.1) is 0 Å². The molecule has 0 bridgehead atoms. The van der Waals surface area contributed by atoms with E-state index in [0.29, 0.717) is 11.6 Å². The first-order chi connectivity index (χ1) is 7.28. The molecular weight excluding hydrogens is 220 g/mol. The first-order valence-corrected chi connectivity index (χ1v) is 8.16. The third kappa shape index (κ3) is 2.60. The van der Waals surface area contributed by atoms with E-state index in [9.17, 15) is 4.21 Å². The lowest BCUT2D eigenvalue weighted by Gasteiger charge is -2.52. The van der Waals surface area contributed by atoms with Crippen LogP contribution in [0.1, 0.15) is 20.8 Å². The van der Waals surface area contributed by atoms with Crippen molar-refractivity contribution in [2.24, 2.45) is 0 Å². The van der Waals surface area contributed by atoms with E-state index in [1.54, 1.807) is 0 Å². The Hall–Kier alpha value is -0.0600. The number of likely N-dealkylation sites (tertiary alicyclic amines) is 1. The molecule has 16 heavy (non-hydrogen) atoms. The van der Waals surface area contributed by atoms with Crippen molar-refractivity contribution in [3.8, 4) is 0 Å². The minimum Gasteiger partial charge on any atom is -0.296 e. The van der Waals surface area contributed by atoms with Crippen LogP contribution in [0.15, 0.2) is 0 Å². The van der Waals surface area contributed by atoms with Crippen LogP contribution in [0.5, 0.6) is 0 Å². The molecule has 0 aromatic rings. The molecule has 2 aliphatic heterocycles. The lowest BCUT2D eigenvalue weighted by atomic mass is 9.96. The van der Waals surface area contributed by atoms with Gasteiger partial charge in [0.15, 0.2) is 0 Å². The summed E-state index contributed by atoms with van der Waals surface area (Å²) in [6.45, 7) is 11.1. The number of hydrogen-bond acceptors (Lipinski definition) is 3. The molecule has 0 aromatic carbocycles. The molecule has 0 aliphatic carbocycles. The highest BCUT2D eigenvalue weighted by Crippen LogP contribution is 2.25. The van der Waals surface area contributed by atoms with Crippen molar-refractivity contribution in [3.05, 3.63) is 0 Å². The van der Waals surface area contributed by atoms with Gasteiger partial charge in [0.05, 0.1) is 0 Å². The maximum Gasteiger partial charge on any atom is 0.0351 e. The minimum atomic E-state index is -1.73. The van der Waals surface area contributed by atoms with Crippen LogP contribution in [-0.2, 0) is 9.52 Å². The van der Waals surface area contributed by atoms with Gasteiger partial charge in [0, 0.05) is 49.3 Å². The fourth-order valence-electron chi connectivity index (χ4n) is 2.38. The summed E-state index contributed by atoms with van der Waals surface area (Å²) in [7, 11) is -1.73. The zero-order valence-electron chi connectivity index (χ0n) is 10.7. The van der Waals surface area contributed by atoms with Gasteiger partial charge in [0.25, 0.3) is 0 Å². The predicted molar refractivity (Wildman–Crippen MR) is 71.7 cm³/mol. The average Bonchev–Trinajstić information content (AvgIpc) is 2.02. The molecule has 4 heteroatoms. The summed E-state index contributed by atoms with van der Waals surface area (Å²) in [5, 5.41) is 0. The highest BCUT2D eigenvalue weighted by molar-refractivity contribution is 8.00. The Morgan fingerprint density at radius 3 is 2.12 bits per heavy atom. The monoisotopic (exact) mass is 244 g/mol. The van der Waals surface area contributed by atoms with Gasteiger partial charge in [-0.3, -0.25) is 14.0 Å². The molecular formula is C12H24N2OS. The van der Waals surface area contributed by atoms with E-state index in [1.807, 2.05) is 0 Å². The van der Waals surface area contributed by atoms with Gasteiger partial charge < -0.3 is 0 Å². The van der Waals surface area contributed by atoms with Gasteiger partial charge in [-0.25, -0.2) is 0 Å². The Labute approximate surface area is 99.8 Å². The fraction of sp³-hybridized carbons (Fsp3) is 0.917. The molecule has 3 nitrogen and oxygen atoms in total. The second-order valence-electron chi connectivity index (χ2n) is 6.14. The van der Waals surface area contributed by atoms with E-state index >= 15 is 0 Å². The van der Waals surface area contributed by atoms with Gasteiger partial charge in [0.1, 0.15) is 0 Å². The van der Waals surface area contributed by atoms with Crippen LogP contribution in [0.4, 0.5) is 0 Å². The molecule has 0 radical (unpaired) electrons. The molecule has 0 N–H and O–H groups in total. The second kappa shape index (κ2) is 4.00. The number of hydrogen-bond donors (Lipinski definition) is 0. The minimum absolute atomic E-state index is 0.298. The van der Waals surface area contributed by atoms with E-state index in [0.717, 1.165) is 24.6 Å². The second-order valence-corrected chi connectivity index (χ2v) is 8.89. The highest BCUT2D eigenvalue weighted by atomic mass is 32.2. The van der Waals surface area contributed by atoms with Crippen LogP contribution in [0.2, 0.25) is 0 Å². The molecule has 0 atom stereocenters. The van der Waals surface area contributed by atoms with Crippen LogP contribution in [-0.4, -0.2) is 69.1 Å². The molecule has 94 valence electrons. The molecule has 0 amide bonds. The van der Waals surface area contributed by atoms with Gasteiger partial charge in [-0.15, -0.1) is 0 Å². The first-order valence-electron chi connectivity index (χ1n) is 6.10. The summed E-state index contributed by atoms with van der Waals surface area (Å²) in [6, 6.07) is 0.690. The first kappa shape index (κ1) is 12.4. The molecule has 2 aliphatic rings. The zero-order valence-corrected chi connectivity index (χ0v) is 11.6. The Bertz CT molecular complexity index is 336. The fourth-order valence-corrected chi connectivity index (χ4v) is 3.72. The summed E-state index contributed by atoms with van der Waals surface area (Å²) < 4.78 is 11.8. The summed E-state index contributed by atoms with van der Waals surface area (Å²) in [4.78, 5) is 5.00. The smallest absolute Gasteiger partial charge is 0.0351 e. The summed E-state index contributed by atoms with van der Waals surface area (Å²) >= 11 is 0. The van der Waals surface area contributed by atoms with E-state index in [1.165, 1.54) is 13.1 Å². The SMILES string of the molecule is C=S1(=O)CCN(C2CN(C(C)(C)C)C2)CC1. The normalized spacial score (nSPS) is 28.9. The van der Waals surface area contributed by atoms with Gasteiger partial charge in [-0.1, -0.05) is 0 Å². The number of rotatable bonds is 1. The van der Waals surface area contributed by atoms with Gasteiger partial charge in [0.2, 0.25) is 0 Å². The molecule has 0 saturated carbocycles. The van der Waals surface area contributed by atoms with Crippen LogP contribution in [0.3, 0.4) is 0 Å². The van der Waals surface area contributed by atoms with Gasteiger partial charge >= 0.3 is 0 Å². The van der Waals surface area contributed by atoms with Crippen molar-refractivity contribution in [1.82, 2.24) is 9.80 Å². The Balaban J connectivity index is 1.81. The summed E-state index contributed by atoms with van der Waals surface area (Å²) in [5.41, 5.74) is 0.298. The van der Waals surface area contributed by atoms with Gasteiger partial charge in [-0.2, -0.15) is 0 Å². The Morgan fingerprint density at radius 2 is 1.69 bits per heavy atom. The third-order valence-electron chi connectivity index (χ3n) is 3.83. The van der Waals surface area contributed by atoms with E-state index in [2.05, 4.69) is 36.4 Å². The Morgan fingerprint density at radius 1 is 1.19 bits per heavy atom. The van der Waals surface area contributed by atoms with E-state index < -0.39 is 9.52 Å². The van der Waals surface area contributed by atoms with Crippen LogP contribution < -0.4 is 0 Å². The van der Waals surface area contributed by atoms with Crippen molar-refractivity contribution in [2.75, 3.05) is 37.7 Å². The van der Waals surface area contributed by atoms with Crippen molar-refractivity contribution in [2.45, 2.75) is 32.4 Å². The quantitative estimate of drug-likeness (QED) is 0.628. The molecule has 0 spiro atoms. The molecule has 2 heterocycles.